The first-order valence-electron chi connectivity index (χ1n) is 4.85. The smallest absolute Gasteiger partial charge is 0.307 e. The van der Waals surface area contributed by atoms with E-state index in [9.17, 15) is 4.79 Å². The van der Waals surface area contributed by atoms with Crippen LogP contribution in [0, 0.1) is 0 Å². The topological polar surface area (TPSA) is 78.3 Å². The molecule has 4 heteroatoms. The maximum atomic E-state index is 10.8. The summed E-state index contributed by atoms with van der Waals surface area (Å²) in [5.74, 6) is -0.230. The van der Waals surface area contributed by atoms with Crippen molar-refractivity contribution in [1.82, 2.24) is 0 Å². The third-order valence-corrected chi connectivity index (χ3v) is 1.76. The normalized spacial score (nSPS) is 12.5. The number of nitrogens with two attached hydrogens (primary N) is 2. The quantitative estimate of drug-likeness (QED) is 0.351. The summed E-state index contributed by atoms with van der Waals surface area (Å²) in [6, 6.07) is 0. The van der Waals surface area contributed by atoms with E-state index in [2.05, 4.69) is 0 Å². The van der Waals surface area contributed by atoms with Gasteiger partial charge in [0.1, 0.15) is 0 Å². The first-order chi connectivity index (χ1) is 6.20. The number of unbranched alkanes of at least 4 members (excludes halogenated alkanes) is 2. The maximum Gasteiger partial charge on any atom is 0.307 e. The number of rotatable bonds is 7. The van der Waals surface area contributed by atoms with Gasteiger partial charge >= 0.3 is 5.97 Å². The van der Waals surface area contributed by atoms with Crippen LogP contribution in [0.5, 0.6) is 0 Å². The molecule has 0 aliphatic carbocycles. The van der Waals surface area contributed by atoms with Gasteiger partial charge in [-0.25, -0.2) is 0 Å². The van der Waals surface area contributed by atoms with E-state index in [0.717, 1.165) is 25.7 Å². The summed E-state index contributed by atoms with van der Waals surface area (Å²) in [6.45, 7) is 2.47. The van der Waals surface area contributed by atoms with E-state index in [-0.39, 0.29) is 5.97 Å². The van der Waals surface area contributed by atoms with Gasteiger partial charge in [-0.3, -0.25) is 10.5 Å². The average Bonchev–Trinajstić information content (AvgIpc) is 2.12. The second-order valence-electron chi connectivity index (χ2n) is 3.02. The van der Waals surface area contributed by atoms with Gasteiger partial charge in [-0.15, -0.1) is 0 Å². The van der Waals surface area contributed by atoms with Gasteiger partial charge in [0.2, 0.25) is 0 Å². The molecule has 13 heavy (non-hydrogen) atoms. The zero-order chi connectivity index (χ0) is 10.1. The predicted octanol–water partition coefficient (Wildman–Crippen LogP) is 0.743. The van der Waals surface area contributed by atoms with Gasteiger partial charge in [-0.2, -0.15) is 0 Å². The first-order valence-corrected chi connectivity index (χ1v) is 4.85. The lowest BCUT2D eigenvalue weighted by Gasteiger charge is -2.11. The lowest BCUT2D eigenvalue weighted by molar-refractivity contribution is -0.148. The highest BCUT2D eigenvalue weighted by Gasteiger charge is 2.06. The van der Waals surface area contributed by atoms with E-state index in [1.807, 2.05) is 0 Å². The molecule has 0 aromatic rings. The molecule has 78 valence electrons. The van der Waals surface area contributed by atoms with Crippen molar-refractivity contribution in [3.63, 3.8) is 0 Å². The van der Waals surface area contributed by atoms with Crippen molar-refractivity contribution in [3.8, 4) is 0 Å². The third-order valence-electron chi connectivity index (χ3n) is 1.76. The number of carbonyl (C=O) groups excluding carboxylic acids is 1. The fraction of sp³-hybridized carbons (Fsp3) is 0.889. The Labute approximate surface area is 79.6 Å². The summed E-state index contributed by atoms with van der Waals surface area (Å²) in [5.41, 5.74) is 10.9. The molecule has 0 saturated carbocycles. The van der Waals surface area contributed by atoms with Crippen LogP contribution in [-0.2, 0) is 9.53 Å². The molecule has 0 saturated heterocycles. The van der Waals surface area contributed by atoms with E-state index < -0.39 is 6.23 Å². The average molecular weight is 188 g/mol. The summed E-state index contributed by atoms with van der Waals surface area (Å²) < 4.78 is 4.89. The third kappa shape index (κ3) is 7.74. The van der Waals surface area contributed by atoms with E-state index in [1.165, 1.54) is 0 Å². The van der Waals surface area contributed by atoms with E-state index in [0.29, 0.717) is 13.0 Å². The van der Waals surface area contributed by atoms with E-state index >= 15 is 0 Å². The van der Waals surface area contributed by atoms with Gasteiger partial charge in [0.05, 0.1) is 0 Å². The van der Waals surface area contributed by atoms with E-state index in [1.54, 1.807) is 6.92 Å². The van der Waals surface area contributed by atoms with Crippen molar-refractivity contribution in [2.45, 2.75) is 45.3 Å². The van der Waals surface area contributed by atoms with Gasteiger partial charge in [0.25, 0.3) is 0 Å². The molecule has 0 aromatic carbocycles. The van der Waals surface area contributed by atoms with Gasteiger partial charge in [0.15, 0.2) is 6.23 Å². The Balaban J connectivity index is 3.29. The predicted molar refractivity (Wildman–Crippen MR) is 51.9 cm³/mol. The van der Waals surface area contributed by atoms with E-state index in [4.69, 9.17) is 16.2 Å². The monoisotopic (exact) mass is 188 g/mol. The molecule has 0 amide bonds. The standard InChI is InChI=1S/C9H20N2O2/c1-2-9(12)13-8(11)6-4-3-5-7-10/h8H,2-7,10-11H2,1H3. The highest BCUT2D eigenvalue weighted by Crippen LogP contribution is 2.03. The van der Waals surface area contributed by atoms with Crippen LogP contribution in [0.25, 0.3) is 0 Å². The Bertz CT molecular complexity index is 140. The molecule has 0 fully saturated rings. The Kier molecular flexibility index (Phi) is 7.63. The lowest BCUT2D eigenvalue weighted by atomic mass is 10.2. The molecular formula is C9H20N2O2. The number of hydrogen-bond donors (Lipinski definition) is 2. The molecule has 0 aromatic heterocycles. The summed E-state index contributed by atoms with van der Waals surface area (Å²) in [4.78, 5) is 10.8. The second kappa shape index (κ2) is 8.01. The summed E-state index contributed by atoms with van der Waals surface area (Å²) in [7, 11) is 0. The largest absolute Gasteiger partial charge is 0.447 e. The van der Waals surface area contributed by atoms with Crippen LogP contribution in [0.1, 0.15) is 39.0 Å². The Morgan fingerprint density at radius 2 is 2.08 bits per heavy atom. The van der Waals surface area contributed by atoms with Gasteiger partial charge in [-0.05, 0) is 25.8 Å². The molecule has 0 radical (unpaired) electrons. The fourth-order valence-electron chi connectivity index (χ4n) is 0.978. The van der Waals surface area contributed by atoms with Gasteiger partial charge in [0, 0.05) is 6.42 Å². The summed E-state index contributed by atoms with van der Waals surface area (Å²) in [6.07, 6.45) is 3.70. The molecule has 0 rings (SSSR count). The number of esters is 1. The van der Waals surface area contributed by atoms with Crippen LogP contribution in [-0.4, -0.2) is 18.7 Å². The minimum atomic E-state index is -0.440. The molecule has 0 aliphatic heterocycles. The highest BCUT2D eigenvalue weighted by atomic mass is 16.6. The van der Waals surface area contributed by atoms with Crippen LogP contribution in [0.2, 0.25) is 0 Å². The Hall–Kier alpha value is -0.610. The number of hydrogen-bond acceptors (Lipinski definition) is 4. The molecular weight excluding hydrogens is 168 g/mol. The molecule has 4 N–H and O–H groups in total. The van der Waals surface area contributed by atoms with Gasteiger partial charge in [-0.1, -0.05) is 13.3 Å². The summed E-state index contributed by atoms with van der Waals surface area (Å²) in [5, 5.41) is 0. The van der Waals surface area contributed by atoms with Crippen molar-refractivity contribution < 1.29 is 9.53 Å². The SMILES string of the molecule is CCC(=O)OC(N)CCCCCN. The van der Waals surface area contributed by atoms with Crippen LogP contribution in [0.4, 0.5) is 0 Å². The first kappa shape index (κ1) is 12.4. The molecule has 0 bridgehead atoms. The molecule has 0 aliphatic rings. The lowest BCUT2D eigenvalue weighted by Crippen LogP contribution is -2.26. The second-order valence-corrected chi connectivity index (χ2v) is 3.02. The molecule has 4 nitrogen and oxygen atoms in total. The van der Waals surface area contributed by atoms with Crippen LogP contribution < -0.4 is 11.5 Å². The van der Waals surface area contributed by atoms with Crippen molar-refractivity contribution in [2.24, 2.45) is 11.5 Å². The highest BCUT2D eigenvalue weighted by molar-refractivity contribution is 5.68. The Morgan fingerprint density at radius 1 is 1.38 bits per heavy atom. The molecule has 1 atom stereocenters. The minimum Gasteiger partial charge on any atom is -0.447 e. The number of carbonyl (C=O) groups is 1. The minimum absolute atomic E-state index is 0.230. The maximum absolute atomic E-state index is 10.8. The molecule has 0 heterocycles. The molecule has 1 unspecified atom stereocenters. The summed E-state index contributed by atoms with van der Waals surface area (Å²) >= 11 is 0. The molecule has 0 spiro atoms. The van der Waals surface area contributed by atoms with Crippen LogP contribution >= 0.6 is 0 Å². The van der Waals surface area contributed by atoms with Crippen LogP contribution in [0.15, 0.2) is 0 Å². The number of ether oxygens (including phenoxy) is 1. The zero-order valence-electron chi connectivity index (χ0n) is 8.29. The fourth-order valence-corrected chi connectivity index (χ4v) is 0.978. The van der Waals surface area contributed by atoms with Crippen molar-refractivity contribution >= 4 is 5.97 Å². The van der Waals surface area contributed by atoms with Crippen LogP contribution in [0.3, 0.4) is 0 Å². The Morgan fingerprint density at radius 3 is 2.62 bits per heavy atom. The van der Waals surface area contributed by atoms with Crippen molar-refractivity contribution in [1.29, 1.82) is 0 Å². The van der Waals surface area contributed by atoms with Gasteiger partial charge < -0.3 is 10.5 Å². The van der Waals surface area contributed by atoms with Crippen molar-refractivity contribution in [2.75, 3.05) is 6.54 Å². The zero-order valence-corrected chi connectivity index (χ0v) is 8.29. The van der Waals surface area contributed by atoms with Crippen molar-refractivity contribution in [3.05, 3.63) is 0 Å².